The smallest absolute Gasteiger partial charge is 0.330 e. The van der Waals surface area contributed by atoms with Gasteiger partial charge in [-0.15, -0.1) is 0 Å². The summed E-state index contributed by atoms with van der Waals surface area (Å²) in [5, 5.41) is 22.7. The van der Waals surface area contributed by atoms with Crippen LogP contribution in [0.3, 0.4) is 0 Å². The fourth-order valence-electron chi connectivity index (χ4n) is 5.65. The number of aliphatic carboxylic acids is 1. The van der Waals surface area contributed by atoms with Gasteiger partial charge in [0.15, 0.2) is 0 Å². The molecule has 0 bridgehead atoms. The molecule has 0 aliphatic rings. The molecule has 0 aliphatic heterocycles. The van der Waals surface area contributed by atoms with Crippen molar-refractivity contribution in [1.82, 2.24) is 19.0 Å². The minimum atomic E-state index is -1.04. The van der Waals surface area contributed by atoms with Crippen molar-refractivity contribution in [3.63, 3.8) is 0 Å². The van der Waals surface area contributed by atoms with Gasteiger partial charge in [0.1, 0.15) is 0 Å². The number of imidazole rings is 1. The number of aliphatic hydroxyl groups is 1. The van der Waals surface area contributed by atoms with Crippen molar-refractivity contribution in [3.8, 4) is 0 Å². The molecule has 2 heterocycles. The second-order valence-electron chi connectivity index (χ2n) is 10.2. The number of hydrogen-bond acceptors (Lipinski definition) is 4. The maximum atomic E-state index is 14.2. The van der Waals surface area contributed by atoms with E-state index in [1.54, 1.807) is 34.9 Å². The molecule has 9 heteroatoms. The summed E-state index contributed by atoms with van der Waals surface area (Å²) in [6.45, 7) is 4.27. The van der Waals surface area contributed by atoms with Crippen LogP contribution in [-0.2, 0) is 18.4 Å². The van der Waals surface area contributed by atoms with Gasteiger partial charge in [-0.3, -0.25) is 18.7 Å². The molecule has 3 aromatic carbocycles. The summed E-state index contributed by atoms with van der Waals surface area (Å²) in [5.41, 5.74) is 5.98. The Morgan fingerprint density at radius 2 is 1.73 bits per heavy atom. The molecule has 0 saturated heterocycles. The average Bonchev–Trinajstić information content (AvgIpc) is 3.38. The number of amides is 1. The molecule has 206 valence electrons. The molecule has 0 fully saturated rings. The van der Waals surface area contributed by atoms with Gasteiger partial charge >= 0.3 is 11.7 Å². The van der Waals surface area contributed by atoms with E-state index in [1.165, 1.54) is 4.57 Å². The molecule has 9 nitrogen and oxygen atoms in total. The number of carboxylic acids is 1. The molecule has 0 spiro atoms. The van der Waals surface area contributed by atoms with Gasteiger partial charge in [-0.25, -0.2) is 4.79 Å². The first-order chi connectivity index (χ1) is 19.2. The van der Waals surface area contributed by atoms with E-state index in [9.17, 15) is 19.5 Å². The van der Waals surface area contributed by atoms with Crippen molar-refractivity contribution < 1.29 is 19.8 Å². The fraction of sp³-hybridized carbons (Fsp3) is 0.258. The van der Waals surface area contributed by atoms with E-state index < -0.39 is 17.9 Å². The summed E-state index contributed by atoms with van der Waals surface area (Å²) in [6.07, 6.45) is 1.71. The lowest BCUT2D eigenvalue weighted by Crippen LogP contribution is -2.29. The standard InChI is InChI=1S/C31H32N4O5/c1-19-13-20(2)29-23(17-33(3)27(29)14-19)18-34-24-10-9-22(30(39)32-11-12-36)15-26(24)35(31(34)40)25(16-28(37)38)21-7-5-4-6-8-21/h4-10,13-15,17,25,36H,11-12,16,18H2,1-3H3,(H,32,39)(H,37,38)/t25-/m1/s1. The Morgan fingerprint density at radius 1 is 0.975 bits per heavy atom. The van der Waals surface area contributed by atoms with Gasteiger partial charge in [0.2, 0.25) is 0 Å². The lowest BCUT2D eigenvalue weighted by Gasteiger charge is -2.18. The minimum Gasteiger partial charge on any atom is -0.481 e. The largest absolute Gasteiger partial charge is 0.481 e. The zero-order chi connectivity index (χ0) is 28.6. The third kappa shape index (κ3) is 4.91. The molecule has 1 amide bonds. The van der Waals surface area contributed by atoms with E-state index in [-0.39, 0.29) is 31.8 Å². The van der Waals surface area contributed by atoms with Crippen LogP contribution in [0.2, 0.25) is 0 Å². The van der Waals surface area contributed by atoms with Crippen molar-refractivity contribution >= 4 is 33.8 Å². The van der Waals surface area contributed by atoms with Gasteiger partial charge in [-0.05, 0) is 60.4 Å². The van der Waals surface area contributed by atoms with E-state index in [0.29, 0.717) is 22.2 Å². The van der Waals surface area contributed by atoms with Crippen LogP contribution in [0.5, 0.6) is 0 Å². The highest BCUT2D eigenvalue weighted by Crippen LogP contribution is 2.30. The molecule has 5 rings (SSSR count). The van der Waals surface area contributed by atoms with E-state index in [4.69, 9.17) is 5.11 Å². The molecule has 0 unspecified atom stereocenters. The van der Waals surface area contributed by atoms with Crippen LogP contribution >= 0.6 is 0 Å². The number of aryl methyl sites for hydroxylation is 3. The van der Waals surface area contributed by atoms with Gasteiger partial charge < -0.3 is 20.1 Å². The zero-order valence-electron chi connectivity index (χ0n) is 22.7. The van der Waals surface area contributed by atoms with Gasteiger partial charge in [0.05, 0.1) is 36.6 Å². The third-order valence-electron chi connectivity index (χ3n) is 7.32. The van der Waals surface area contributed by atoms with E-state index in [2.05, 4.69) is 35.9 Å². The minimum absolute atomic E-state index is 0.0935. The highest BCUT2D eigenvalue weighted by molar-refractivity contribution is 5.97. The quantitative estimate of drug-likeness (QED) is 0.263. The van der Waals surface area contributed by atoms with Crippen LogP contribution in [-0.4, -0.2) is 48.9 Å². The summed E-state index contributed by atoms with van der Waals surface area (Å²) < 4.78 is 5.19. The van der Waals surface area contributed by atoms with Crippen molar-refractivity contribution in [3.05, 3.63) is 105 Å². The van der Waals surface area contributed by atoms with Crippen LogP contribution in [0.15, 0.2) is 71.7 Å². The summed E-state index contributed by atoms with van der Waals surface area (Å²) in [4.78, 5) is 39.0. The number of benzene rings is 3. The third-order valence-corrected chi connectivity index (χ3v) is 7.32. The van der Waals surface area contributed by atoms with E-state index in [0.717, 1.165) is 27.6 Å². The number of aliphatic hydroxyl groups excluding tert-OH is 1. The summed E-state index contributed by atoms with van der Waals surface area (Å²) >= 11 is 0. The van der Waals surface area contributed by atoms with Crippen LogP contribution < -0.4 is 11.0 Å². The maximum absolute atomic E-state index is 14.2. The van der Waals surface area contributed by atoms with Crippen LogP contribution in [0.25, 0.3) is 21.9 Å². The van der Waals surface area contributed by atoms with Gasteiger partial charge in [0.25, 0.3) is 5.91 Å². The Bertz CT molecular complexity index is 1800. The molecule has 0 aliphatic carbocycles. The number of carbonyl (C=O) groups is 2. The second kappa shape index (κ2) is 10.9. The number of fused-ring (bicyclic) bond motifs is 2. The number of hydrogen-bond donors (Lipinski definition) is 3. The predicted molar refractivity (Wildman–Crippen MR) is 154 cm³/mol. The van der Waals surface area contributed by atoms with Gasteiger partial charge in [0, 0.05) is 36.3 Å². The monoisotopic (exact) mass is 540 g/mol. The summed E-state index contributed by atoms with van der Waals surface area (Å²) in [7, 11) is 1.98. The van der Waals surface area contributed by atoms with E-state index >= 15 is 0 Å². The second-order valence-corrected chi connectivity index (χ2v) is 10.2. The van der Waals surface area contributed by atoms with Crippen LogP contribution in [0.4, 0.5) is 0 Å². The van der Waals surface area contributed by atoms with Crippen LogP contribution in [0.1, 0.15) is 45.1 Å². The van der Waals surface area contributed by atoms with Crippen molar-refractivity contribution in [2.24, 2.45) is 7.05 Å². The van der Waals surface area contributed by atoms with E-state index in [1.807, 2.05) is 31.4 Å². The Hall–Kier alpha value is -4.63. The summed E-state index contributed by atoms with van der Waals surface area (Å²) in [6, 6.07) is 17.5. The highest BCUT2D eigenvalue weighted by Gasteiger charge is 2.26. The molecule has 3 N–H and O–H groups in total. The predicted octanol–water partition coefficient (Wildman–Crippen LogP) is 3.75. The molecule has 0 radical (unpaired) electrons. The maximum Gasteiger partial charge on any atom is 0.330 e. The zero-order valence-corrected chi connectivity index (χ0v) is 22.7. The number of aromatic nitrogens is 3. The normalized spacial score (nSPS) is 12.2. The molecule has 1 atom stereocenters. The lowest BCUT2D eigenvalue weighted by atomic mass is 10.0. The Balaban J connectivity index is 1.74. The SMILES string of the molecule is Cc1cc(C)c2c(Cn3c(=O)n([C@H](CC(=O)O)c4ccccc4)c4cc(C(=O)NCCO)ccc43)cn(C)c2c1. The van der Waals surface area contributed by atoms with Crippen LogP contribution in [0, 0.1) is 13.8 Å². The van der Waals surface area contributed by atoms with Crippen molar-refractivity contribution in [1.29, 1.82) is 0 Å². The van der Waals surface area contributed by atoms with Crippen molar-refractivity contribution in [2.45, 2.75) is 32.9 Å². The lowest BCUT2D eigenvalue weighted by molar-refractivity contribution is -0.137. The Labute approximate surface area is 230 Å². The number of carbonyl (C=O) groups excluding carboxylic acids is 1. The first-order valence-corrected chi connectivity index (χ1v) is 13.1. The van der Waals surface area contributed by atoms with Gasteiger partial charge in [-0.1, -0.05) is 36.4 Å². The van der Waals surface area contributed by atoms with Crippen molar-refractivity contribution in [2.75, 3.05) is 13.2 Å². The number of rotatable bonds is 9. The Kier molecular flexibility index (Phi) is 7.32. The molecule has 40 heavy (non-hydrogen) atoms. The summed E-state index contributed by atoms with van der Waals surface area (Å²) in [5.74, 6) is -1.43. The first-order valence-electron chi connectivity index (χ1n) is 13.1. The number of nitrogens with zero attached hydrogens (tertiary/aromatic N) is 3. The fourth-order valence-corrected chi connectivity index (χ4v) is 5.65. The first kappa shape index (κ1) is 27.0. The topological polar surface area (TPSA) is 118 Å². The molecular formula is C31H32N4O5. The number of carboxylic acid groups (broad SMARTS) is 1. The van der Waals surface area contributed by atoms with Gasteiger partial charge in [-0.2, -0.15) is 0 Å². The Morgan fingerprint density at radius 3 is 2.42 bits per heavy atom. The number of nitrogens with one attached hydrogen (secondary N) is 1. The molecule has 5 aromatic rings. The molecule has 2 aromatic heterocycles. The molecule has 0 saturated carbocycles. The average molecular weight is 541 g/mol. The molecular weight excluding hydrogens is 508 g/mol. The highest BCUT2D eigenvalue weighted by atomic mass is 16.4.